The first-order valence-corrected chi connectivity index (χ1v) is 10.4. The second kappa shape index (κ2) is 15.2. The lowest BCUT2D eigenvalue weighted by Gasteiger charge is -2.33. The van der Waals surface area contributed by atoms with Gasteiger partial charge in [-0.2, -0.15) is 0 Å². The molecule has 0 spiro atoms. The van der Waals surface area contributed by atoms with Crippen LogP contribution in [0, 0.1) is 0 Å². The average molecular weight is 512 g/mol. The van der Waals surface area contributed by atoms with Crippen LogP contribution < -0.4 is 0 Å². The number of carbonyl (C=O) groups excluding carboxylic acids is 5. The number of aliphatic hydroxyl groups excluding tert-OH is 5. The minimum atomic E-state index is -1.95. The third-order valence-corrected chi connectivity index (χ3v) is 4.01. The summed E-state index contributed by atoms with van der Waals surface area (Å²) in [7, 11) is 0. The summed E-state index contributed by atoms with van der Waals surface area (Å²) >= 11 is 0. The van der Waals surface area contributed by atoms with Crippen molar-refractivity contribution in [1.82, 2.24) is 0 Å². The fourth-order valence-corrected chi connectivity index (χ4v) is 2.08. The first kappa shape index (κ1) is 32.1. The number of hydrogen-bond acceptors (Lipinski definition) is 15. The molecule has 0 saturated carbocycles. The van der Waals surface area contributed by atoms with E-state index in [0.29, 0.717) is 0 Å². The second-order valence-corrected chi connectivity index (χ2v) is 7.49. The minimum absolute atomic E-state index is 0.924. The van der Waals surface area contributed by atoms with Crippen LogP contribution >= 0.6 is 0 Å². The molecular formula is C20H32O15. The lowest BCUT2D eigenvalue weighted by atomic mass is 10.1. The maximum absolute atomic E-state index is 12.1. The average Bonchev–Trinajstić information content (AvgIpc) is 2.76. The predicted molar refractivity (Wildman–Crippen MR) is 110 cm³/mol. The highest BCUT2D eigenvalue weighted by molar-refractivity contribution is 5.77. The summed E-state index contributed by atoms with van der Waals surface area (Å²) in [6.07, 6.45) is -14.1. The standard InChI is InChI=1S/C20H32O15/c1-8(21)16(26)31-6-13(33-18(28)10(3)23)15(35-20(30)12(5)25)14(34-19(29)11(4)24)7-32-17(27)9(2)22/h8-15,21-25H,6-7H2,1-5H3/t8?,9?,10?,11?,12?,13-,14+,15?. The Morgan fingerprint density at radius 3 is 1.00 bits per heavy atom. The van der Waals surface area contributed by atoms with E-state index in [2.05, 4.69) is 0 Å². The number of rotatable bonds is 14. The van der Waals surface area contributed by atoms with Crippen molar-refractivity contribution in [3.63, 3.8) is 0 Å². The number of aliphatic hydroxyl groups is 5. The van der Waals surface area contributed by atoms with Crippen LogP contribution in [0.5, 0.6) is 0 Å². The molecule has 0 aromatic rings. The van der Waals surface area contributed by atoms with E-state index in [4.69, 9.17) is 23.7 Å². The van der Waals surface area contributed by atoms with Gasteiger partial charge in [0, 0.05) is 0 Å². The summed E-state index contributed by atoms with van der Waals surface area (Å²) in [6.45, 7) is 3.33. The van der Waals surface area contributed by atoms with Crippen LogP contribution in [0.25, 0.3) is 0 Å². The zero-order valence-corrected chi connectivity index (χ0v) is 19.9. The van der Waals surface area contributed by atoms with E-state index >= 15 is 0 Å². The Morgan fingerprint density at radius 2 is 0.743 bits per heavy atom. The van der Waals surface area contributed by atoms with Crippen molar-refractivity contribution in [3.8, 4) is 0 Å². The zero-order chi connectivity index (χ0) is 27.5. The topological polar surface area (TPSA) is 233 Å². The third kappa shape index (κ3) is 11.9. The molecule has 0 fully saturated rings. The molecule has 0 rings (SSSR count). The molecule has 8 atom stereocenters. The monoisotopic (exact) mass is 512 g/mol. The molecule has 0 saturated heterocycles. The first-order valence-electron chi connectivity index (χ1n) is 10.4. The smallest absolute Gasteiger partial charge is 0.335 e. The fourth-order valence-electron chi connectivity index (χ4n) is 2.08. The van der Waals surface area contributed by atoms with Crippen molar-refractivity contribution < 1.29 is 73.2 Å². The highest BCUT2D eigenvalue weighted by Gasteiger charge is 2.41. The van der Waals surface area contributed by atoms with Crippen molar-refractivity contribution in [3.05, 3.63) is 0 Å². The Hall–Kier alpha value is -2.85. The van der Waals surface area contributed by atoms with Gasteiger partial charge in [0.05, 0.1) is 0 Å². The van der Waals surface area contributed by atoms with Crippen LogP contribution in [-0.4, -0.2) is 117 Å². The Bertz CT molecular complexity index is 678. The molecule has 6 unspecified atom stereocenters. The van der Waals surface area contributed by atoms with Crippen molar-refractivity contribution >= 4 is 29.8 Å². The molecule has 15 heteroatoms. The largest absolute Gasteiger partial charge is 0.460 e. The van der Waals surface area contributed by atoms with Crippen LogP contribution in [0.15, 0.2) is 0 Å². The molecule has 0 aromatic heterocycles. The van der Waals surface area contributed by atoms with E-state index in [1.165, 1.54) is 0 Å². The number of esters is 5. The van der Waals surface area contributed by atoms with Crippen LogP contribution in [-0.2, 0) is 47.7 Å². The summed E-state index contributed by atoms with van der Waals surface area (Å²) in [6, 6.07) is 0. The van der Waals surface area contributed by atoms with E-state index in [9.17, 15) is 49.5 Å². The second-order valence-electron chi connectivity index (χ2n) is 7.49. The van der Waals surface area contributed by atoms with Crippen molar-refractivity contribution in [2.75, 3.05) is 13.2 Å². The maximum atomic E-state index is 12.1. The molecule has 0 aliphatic rings. The highest BCUT2D eigenvalue weighted by Crippen LogP contribution is 2.18. The molecule has 0 radical (unpaired) electrons. The van der Waals surface area contributed by atoms with Gasteiger partial charge in [0.2, 0.25) is 0 Å². The van der Waals surface area contributed by atoms with Gasteiger partial charge in [0.1, 0.15) is 43.7 Å². The van der Waals surface area contributed by atoms with E-state index in [-0.39, 0.29) is 0 Å². The summed E-state index contributed by atoms with van der Waals surface area (Å²) < 4.78 is 24.7. The van der Waals surface area contributed by atoms with E-state index in [0.717, 1.165) is 34.6 Å². The van der Waals surface area contributed by atoms with Crippen molar-refractivity contribution in [1.29, 1.82) is 0 Å². The third-order valence-electron chi connectivity index (χ3n) is 4.01. The normalized spacial score (nSPS) is 17.9. The molecule has 0 aliphatic carbocycles. The molecule has 0 heterocycles. The first-order chi connectivity index (χ1) is 16.1. The fraction of sp³-hybridized carbons (Fsp3) is 0.750. The number of hydrogen-bond donors (Lipinski definition) is 5. The molecule has 35 heavy (non-hydrogen) atoms. The summed E-state index contributed by atoms with van der Waals surface area (Å²) in [5.74, 6) is -6.33. The van der Waals surface area contributed by atoms with Gasteiger partial charge in [-0.15, -0.1) is 0 Å². The lowest BCUT2D eigenvalue weighted by molar-refractivity contribution is -0.206. The molecule has 5 N–H and O–H groups in total. The molecule has 0 aliphatic heterocycles. The van der Waals surface area contributed by atoms with Gasteiger partial charge in [-0.25, -0.2) is 24.0 Å². The molecule has 0 amide bonds. The number of ether oxygens (including phenoxy) is 5. The maximum Gasteiger partial charge on any atom is 0.335 e. The predicted octanol–water partition coefficient (Wildman–Crippen LogP) is -3.29. The van der Waals surface area contributed by atoms with Crippen LogP contribution in [0.4, 0.5) is 0 Å². The van der Waals surface area contributed by atoms with E-state index in [1.807, 2.05) is 0 Å². The Morgan fingerprint density at radius 1 is 0.486 bits per heavy atom. The van der Waals surface area contributed by atoms with Gasteiger partial charge in [0.25, 0.3) is 0 Å². The van der Waals surface area contributed by atoms with Crippen molar-refractivity contribution in [2.24, 2.45) is 0 Å². The van der Waals surface area contributed by atoms with Gasteiger partial charge in [-0.05, 0) is 34.6 Å². The summed E-state index contributed by atoms with van der Waals surface area (Å²) in [5.41, 5.74) is 0. The molecule has 0 bridgehead atoms. The van der Waals surface area contributed by atoms with Gasteiger partial charge in [-0.1, -0.05) is 0 Å². The van der Waals surface area contributed by atoms with E-state index < -0.39 is 91.9 Å². The zero-order valence-electron chi connectivity index (χ0n) is 19.9. The van der Waals surface area contributed by atoms with Gasteiger partial charge in [-0.3, -0.25) is 0 Å². The quantitative estimate of drug-likeness (QED) is 0.113. The molecule has 0 aromatic carbocycles. The van der Waals surface area contributed by atoms with Crippen LogP contribution in [0.3, 0.4) is 0 Å². The SMILES string of the molecule is CC(O)C(=O)OC[C@H](OC(=O)C(C)O)C(OC(=O)C(C)O)[C@@H](COC(=O)C(C)O)OC(=O)C(C)O. The van der Waals surface area contributed by atoms with Crippen molar-refractivity contribution in [2.45, 2.75) is 83.5 Å². The molecule has 202 valence electrons. The lowest BCUT2D eigenvalue weighted by Crippen LogP contribution is -2.52. The summed E-state index contributed by atoms with van der Waals surface area (Å²) in [4.78, 5) is 59.7. The molecular weight excluding hydrogens is 480 g/mol. The summed E-state index contributed by atoms with van der Waals surface area (Å²) in [5, 5.41) is 47.2. The van der Waals surface area contributed by atoms with Gasteiger partial charge >= 0.3 is 29.8 Å². The number of carbonyl (C=O) groups is 5. The van der Waals surface area contributed by atoms with Gasteiger partial charge < -0.3 is 49.2 Å². The van der Waals surface area contributed by atoms with Crippen LogP contribution in [0.2, 0.25) is 0 Å². The Kier molecular flexibility index (Phi) is 14.0. The Balaban J connectivity index is 6.34. The van der Waals surface area contributed by atoms with E-state index in [1.54, 1.807) is 0 Å². The minimum Gasteiger partial charge on any atom is -0.460 e. The highest BCUT2D eigenvalue weighted by atomic mass is 16.6. The molecule has 15 nitrogen and oxygen atoms in total. The van der Waals surface area contributed by atoms with Gasteiger partial charge in [0.15, 0.2) is 18.3 Å². The van der Waals surface area contributed by atoms with Crippen LogP contribution in [0.1, 0.15) is 34.6 Å². The Labute approximate surface area is 200 Å².